The lowest BCUT2D eigenvalue weighted by Gasteiger charge is -2.23. The fourth-order valence-electron chi connectivity index (χ4n) is 3.58. The largest absolute Gasteiger partial charge is 0.361 e. The monoisotopic (exact) mass is 397 g/mol. The topological polar surface area (TPSA) is 125 Å². The van der Waals surface area contributed by atoms with Crippen molar-refractivity contribution in [2.75, 3.05) is 13.1 Å². The predicted octanol–water partition coefficient (Wildman–Crippen LogP) is 1.52. The van der Waals surface area contributed by atoms with Crippen LogP contribution in [0.25, 0.3) is 0 Å². The second-order valence-corrected chi connectivity index (χ2v) is 7.32. The first-order valence-electron chi connectivity index (χ1n) is 9.80. The summed E-state index contributed by atoms with van der Waals surface area (Å²) in [4.78, 5) is 26.9. The quantitative estimate of drug-likeness (QED) is 0.583. The Morgan fingerprint density at radius 2 is 2.17 bits per heavy atom. The summed E-state index contributed by atoms with van der Waals surface area (Å²) in [5, 5.41) is 14.1. The minimum atomic E-state index is -0.453. The number of amides is 2. The third-order valence-electron chi connectivity index (χ3n) is 5.21. The van der Waals surface area contributed by atoms with E-state index in [4.69, 9.17) is 15.7 Å². The fraction of sp³-hybridized carbons (Fsp3) is 0.429. The molecule has 2 amide bonds. The molecule has 1 saturated heterocycles. The second-order valence-electron chi connectivity index (χ2n) is 7.32. The van der Waals surface area contributed by atoms with E-state index in [1.165, 1.54) is 6.21 Å². The number of aryl methyl sites for hydroxylation is 1. The Morgan fingerprint density at radius 1 is 1.41 bits per heavy atom. The minimum Gasteiger partial charge on any atom is -0.361 e. The van der Waals surface area contributed by atoms with Crippen LogP contribution in [-0.2, 0) is 22.6 Å². The Morgan fingerprint density at radius 3 is 2.79 bits per heavy atom. The first-order valence-corrected chi connectivity index (χ1v) is 9.80. The molecule has 29 heavy (non-hydrogen) atoms. The number of nitrogens with one attached hydrogen (secondary N) is 2. The van der Waals surface area contributed by atoms with Crippen LogP contribution in [0.2, 0.25) is 0 Å². The summed E-state index contributed by atoms with van der Waals surface area (Å²) in [6, 6.07) is 8.98. The second kappa shape index (κ2) is 9.47. The Bertz CT molecular complexity index is 861. The van der Waals surface area contributed by atoms with Gasteiger partial charge in [0.05, 0.1) is 12.1 Å². The molecule has 3 rings (SSSR count). The Labute approximate surface area is 169 Å². The van der Waals surface area contributed by atoms with Crippen molar-refractivity contribution in [1.82, 2.24) is 15.4 Å². The lowest BCUT2D eigenvalue weighted by Crippen LogP contribution is -2.46. The van der Waals surface area contributed by atoms with Crippen molar-refractivity contribution in [2.45, 2.75) is 44.7 Å². The van der Waals surface area contributed by atoms with E-state index in [9.17, 15) is 9.59 Å². The van der Waals surface area contributed by atoms with Crippen LogP contribution in [0, 0.1) is 12.3 Å². The van der Waals surface area contributed by atoms with Gasteiger partial charge in [0.1, 0.15) is 11.8 Å². The lowest BCUT2D eigenvalue weighted by molar-refractivity contribution is -0.138. The molecule has 154 valence electrons. The maximum absolute atomic E-state index is 12.7. The molecule has 0 saturated carbocycles. The molecule has 0 spiro atoms. The van der Waals surface area contributed by atoms with Crippen LogP contribution in [0.4, 0.5) is 0 Å². The number of nitrogens with zero attached hydrogens (tertiary/aromatic N) is 2. The van der Waals surface area contributed by atoms with E-state index in [-0.39, 0.29) is 24.2 Å². The summed E-state index contributed by atoms with van der Waals surface area (Å²) in [5.41, 5.74) is 8.32. The molecule has 1 aliphatic heterocycles. The zero-order valence-electron chi connectivity index (χ0n) is 16.6. The standard InChI is InChI=1S/C21H27N5O3/c1-14-9-18(29-25-14)10-20(27)26-8-2-3-19(26)21(28)24-13-15-4-6-16(7-5-15)17(11-22)12-23/h4-7,9,11,17,19,22H,2-3,8,10,12-13,23H2,1H3,(H,24,28)/t17?,19-/m0/s1. The molecule has 8 nitrogen and oxygen atoms in total. The zero-order valence-corrected chi connectivity index (χ0v) is 16.6. The number of benzene rings is 1. The molecule has 1 aromatic heterocycles. The van der Waals surface area contributed by atoms with E-state index in [0.29, 0.717) is 31.8 Å². The Balaban J connectivity index is 1.55. The number of carbonyl (C=O) groups is 2. The highest BCUT2D eigenvalue weighted by molar-refractivity contribution is 5.88. The van der Waals surface area contributed by atoms with Crippen LogP contribution in [0.1, 0.15) is 41.3 Å². The van der Waals surface area contributed by atoms with E-state index in [1.807, 2.05) is 24.3 Å². The van der Waals surface area contributed by atoms with Gasteiger partial charge in [-0.15, -0.1) is 0 Å². The Hall–Kier alpha value is -3.00. The summed E-state index contributed by atoms with van der Waals surface area (Å²) in [6.45, 7) is 3.15. The van der Waals surface area contributed by atoms with Gasteiger partial charge in [0.2, 0.25) is 11.8 Å². The van der Waals surface area contributed by atoms with Crippen LogP contribution < -0.4 is 11.1 Å². The van der Waals surface area contributed by atoms with E-state index in [0.717, 1.165) is 23.2 Å². The first-order chi connectivity index (χ1) is 14.0. The van der Waals surface area contributed by atoms with Gasteiger partial charge in [-0.3, -0.25) is 9.59 Å². The predicted molar refractivity (Wildman–Crippen MR) is 109 cm³/mol. The Kier molecular flexibility index (Phi) is 6.77. The highest BCUT2D eigenvalue weighted by atomic mass is 16.5. The molecule has 2 aromatic rings. The highest BCUT2D eigenvalue weighted by Gasteiger charge is 2.34. The number of rotatable bonds is 8. The van der Waals surface area contributed by atoms with Crippen LogP contribution >= 0.6 is 0 Å². The van der Waals surface area contributed by atoms with Gasteiger partial charge in [0, 0.05) is 37.8 Å². The maximum Gasteiger partial charge on any atom is 0.243 e. The zero-order chi connectivity index (χ0) is 20.8. The number of likely N-dealkylation sites (tertiary alicyclic amines) is 1. The minimum absolute atomic E-state index is 0.0927. The fourth-order valence-corrected chi connectivity index (χ4v) is 3.58. The van der Waals surface area contributed by atoms with E-state index in [2.05, 4.69) is 10.5 Å². The van der Waals surface area contributed by atoms with Gasteiger partial charge in [-0.1, -0.05) is 29.4 Å². The molecule has 0 radical (unpaired) electrons. The molecule has 0 bridgehead atoms. The summed E-state index contributed by atoms with van der Waals surface area (Å²) < 4.78 is 5.12. The van der Waals surface area contributed by atoms with Crippen LogP contribution in [-0.4, -0.2) is 47.2 Å². The van der Waals surface area contributed by atoms with Crippen molar-refractivity contribution >= 4 is 18.0 Å². The highest BCUT2D eigenvalue weighted by Crippen LogP contribution is 2.20. The number of aromatic nitrogens is 1. The molecule has 4 N–H and O–H groups in total. The summed E-state index contributed by atoms with van der Waals surface area (Å²) >= 11 is 0. The van der Waals surface area contributed by atoms with Gasteiger partial charge in [-0.05, 0) is 30.9 Å². The van der Waals surface area contributed by atoms with Crippen molar-refractivity contribution in [2.24, 2.45) is 5.73 Å². The molecule has 1 aliphatic rings. The molecule has 2 heterocycles. The number of carbonyl (C=O) groups excluding carboxylic acids is 2. The third-order valence-corrected chi connectivity index (χ3v) is 5.21. The molecule has 1 unspecified atom stereocenters. The summed E-state index contributed by atoms with van der Waals surface area (Å²) in [6.07, 6.45) is 2.91. The molecule has 0 aliphatic carbocycles. The average Bonchev–Trinajstić information content (AvgIpc) is 3.37. The van der Waals surface area contributed by atoms with Gasteiger partial charge in [-0.25, -0.2) is 0 Å². The molecule has 2 atom stereocenters. The summed E-state index contributed by atoms with van der Waals surface area (Å²) in [7, 11) is 0. The summed E-state index contributed by atoms with van der Waals surface area (Å²) in [5.74, 6) is 0.153. The third kappa shape index (κ3) is 5.08. The molecule has 1 fully saturated rings. The molecule has 8 heteroatoms. The number of hydrogen-bond donors (Lipinski definition) is 3. The van der Waals surface area contributed by atoms with Crippen LogP contribution in [0.15, 0.2) is 34.9 Å². The maximum atomic E-state index is 12.7. The van der Waals surface area contributed by atoms with E-state index < -0.39 is 6.04 Å². The molecule has 1 aromatic carbocycles. The number of hydrogen-bond acceptors (Lipinski definition) is 6. The van der Waals surface area contributed by atoms with Crippen molar-refractivity contribution in [1.29, 1.82) is 5.41 Å². The van der Waals surface area contributed by atoms with E-state index >= 15 is 0 Å². The lowest BCUT2D eigenvalue weighted by atomic mass is 9.99. The molecular formula is C21H27N5O3. The van der Waals surface area contributed by atoms with Gasteiger partial charge in [0.15, 0.2) is 0 Å². The van der Waals surface area contributed by atoms with Gasteiger partial charge in [-0.2, -0.15) is 0 Å². The first kappa shape index (κ1) is 20.7. The van der Waals surface area contributed by atoms with Crippen molar-refractivity contribution in [3.63, 3.8) is 0 Å². The average molecular weight is 397 g/mol. The van der Waals surface area contributed by atoms with Gasteiger partial charge >= 0.3 is 0 Å². The molecular weight excluding hydrogens is 370 g/mol. The smallest absolute Gasteiger partial charge is 0.243 e. The van der Waals surface area contributed by atoms with Crippen molar-refractivity contribution in [3.05, 3.63) is 52.9 Å². The van der Waals surface area contributed by atoms with Gasteiger partial charge in [0.25, 0.3) is 0 Å². The SMILES string of the molecule is Cc1cc(CC(=O)N2CCC[C@H]2C(=O)NCc2ccc(C(C=N)CN)cc2)on1. The van der Waals surface area contributed by atoms with Crippen molar-refractivity contribution in [3.8, 4) is 0 Å². The van der Waals surface area contributed by atoms with E-state index in [1.54, 1.807) is 17.9 Å². The number of nitrogens with two attached hydrogens (primary N) is 1. The normalized spacial score (nSPS) is 17.2. The van der Waals surface area contributed by atoms with Crippen LogP contribution in [0.5, 0.6) is 0 Å². The van der Waals surface area contributed by atoms with Crippen LogP contribution in [0.3, 0.4) is 0 Å². The van der Waals surface area contributed by atoms with Gasteiger partial charge < -0.3 is 25.9 Å². The van der Waals surface area contributed by atoms with Crippen molar-refractivity contribution < 1.29 is 14.1 Å².